The van der Waals surface area contributed by atoms with Gasteiger partial charge in [-0.05, 0) is 43.5 Å². The second-order valence-corrected chi connectivity index (χ2v) is 9.79. The summed E-state index contributed by atoms with van der Waals surface area (Å²) in [6, 6.07) is 10.1. The molecule has 0 unspecified atom stereocenters. The Kier molecular flexibility index (Phi) is 5.41. The Hall–Kier alpha value is -2.78. The number of alkyl halides is 2. The number of amides is 1. The molecule has 4 heterocycles. The second kappa shape index (κ2) is 8.46. The van der Waals surface area contributed by atoms with Crippen LogP contribution in [0.25, 0.3) is 0 Å². The number of hydrogen-bond acceptors (Lipinski definition) is 6. The zero-order valence-electron chi connectivity index (χ0n) is 19.1. The molecule has 1 amide bonds. The first-order valence-electron chi connectivity index (χ1n) is 12.1. The van der Waals surface area contributed by atoms with Gasteiger partial charge in [-0.3, -0.25) is 9.69 Å². The third-order valence-corrected chi connectivity index (χ3v) is 7.53. The number of morpholine rings is 1. The number of aromatic nitrogens is 1. The monoisotopic (exact) mass is 469 g/mol. The van der Waals surface area contributed by atoms with E-state index in [4.69, 9.17) is 4.74 Å². The van der Waals surface area contributed by atoms with Crippen LogP contribution in [0.15, 0.2) is 36.5 Å². The summed E-state index contributed by atoms with van der Waals surface area (Å²) in [4.78, 5) is 24.4. The number of nitrogens with zero attached hydrogens (tertiary/aromatic N) is 4. The van der Waals surface area contributed by atoms with Gasteiger partial charge in [0.2, 0.25) is 5.91 Å². The maximum Gasteiger partial charge on any atom is 0.272 e. The van der Waals surface area contributed by atoms with Gasteiger partial charge in [0.25, 0.3) is 5.92 Å². The molecule has 2 saturated heterocycles. The van der Waals surface area contributed by atoms with Gasteiger partial charge in [-0.25, -0.2) is 13.8 Å². The van der Waals surface area contributed by atoms with Crippen molar-refractivity contribution in [1.82, 2.24) is 9.88 Å². The number of halogens is 2. The zero-order chi connectivity index (χ0) is 23.3. The average molecular weight is 470 g/mol. The number of pyridine rings is 1. The molecule has 0 bridgehead atoms. The van der Waals surface area contributed by atoms with Gasteiger partial charge in [-0.2, -0.15) is 0 Å². The van der Waals surface area contributed by atoms with Crippen LogP contribution in [-0.4, -0.2) is 67.1 Å². The Morgan fingerprint density at radius 2 is 1.97 bits per heavy atom. The van der Waals surface area contributed by atoms with Crippen molar-refractivity contribution in [3.05, 3.63) is 42.1 Å². The predicted molar refractivity (Wildman–Crippen MR) is 126 cm³/mol. The third kappa shape index (κ3) is 4.01. The van der Waals surface area contributed by atoms with Crippen molar-refractivity contribution in [1.29, 1.82) is 0 Å². The summed E-state index contributed by atoms with van der Waals surface area (Å²) in [7, 11) is 0. The molecule has 1 saturated carbocycles. The number of carbonyl (C=O) groups is 1. The van der Waals surface area contributed by atoms with E-state index in [1.165, 1.54) is 0 Å². The van der Waals surface area contributed by atoms with Gasteiger partial charge in [0.1, 0.15) is 5.82 Å². The first kappa shape index (κ1) is 21.7. The van der Waals surface area contributed by atoms with E-state index < -0.39 is 5.92 Å². The minimum Gasteiger partial charge on any atom is -0.378 e. The van der Waals surface area contributed by atoms with Crippen molar-refractivity contribution in [2.75, 3.05) is 54.5 Å². The number of hydrogen-bond donors (Lipinski definition) is 1. The van der Waals surface area contributed by atoms with Gasteiger partial charge in [0, 0.05) is 42.5 Å². The van der Waals surface area contributed by atoms with Crippen molar-refractivity contribution in [2.24, 2.45) is 5.92 Å². The van der Waals surface area contributed by atoms with E-state index in [9.17, 15) is 13.6 Å². The molecular formula is C25H29F2N5O2. The van der Waals surface area contributed by atoms with E-state index in [0.717, 1.165) is 54.4 Å². The highest BCUT2D eigenvalue weighted by Gasteiger charge is 2.49. The number of carbonyl (C=O) groups excluding carboxylic acids is 1. The van der Waals surface area contributed by atoms with Gasteiger partial charge >= 0.3 is 0 Å². The predicted octanol–water partition coefficient (Wildman–Crippen LogP) is 3.63. The highest BCUT2D eigenvalue weighted by molar-refractivity contribution is 6.00. The summed E-state index contributed by atoms with van der Waals surface area (Å²) in [5.41, 5.74) is 3.70. The van der Waals surface area contributed by atoms with Crippen LogP contribution in [0.3, 0.4) is 0 Å². The molecule has 0 radical (unpaired) electrons. The van der Waals surface area contributed by atoms with Crippen LogP contribution in [0.2, 0.25) is 0 Å². The summed E-state index contributed by atoms with van der Waals surface area (Å²) < 4.78 is 32.3. The van der Waals surface area contributed by atoms with E-state index in [2.05, 4.69) is 27.3 Å². The third-order valence-electron chi connectivity index (χ3n) is 7.53. The van der Waals surface area contributed by atoms with Gasteiger partial charge in [-0.15, -0.1) is 0 Å². The molecule has 6 rings (SSSR count). The number of benzene rings is 1. The van der Waals surface area contributed by atoms with Crippen molar-refractivity contribution in [3.63, 3.8) is 0 Å². The summed E-state index contributed by atoms with van der Waals surface area (Å²) >= 11 is 0. The SMILES string of the molecule is O=C([C@H]1CC[C@@H](N2CC(F)(F)C2)C1)N1Cc2cccnc2Nc2ccc(N3CCOCC3)cc21. The van der Waals surface area contributed by atoms with E-state index in [-0.39, 0.29) is 31.0 Å². The fraction of sp³-hybridized carbons (Fsp3) is 0.520. The van der Waals surface area contributed by atoms with E-state index >= 15 is 0 Å². The summed E-state index contributed by atoms with van der Waals surface area (Å²) in [6.07, 6.45) is 3.90. The fourth-order valence-electron chi connectivity index (χ4n) is 5.67. The number of anilines is 4. The molecule has 1 aliphatic carbocycles. The number of ether oxygens (including phenoxy) is 1. The lowest BCUT2D eigenvalue weighted by atomic mass is 10.0. The van der Waals surface area contributed by atoms with Crippen molar-refractivity contribution >= 4 is 28.8 Å². The molecule has 9 heteroatoms. The molecule has 7 nitrogen and oxygen atoms in total. The van der Waals surface area contributed by atoms with Crippen LogP contribution in [0.4, 0.5) is 31.7 Å². The van der Waals surface area contributed by atoms with Crippen LogP contribution in [-0.2, 0) is 16.1 Å². The Morgan fingerprint density at radius 3 is 2.76 bits per heavy atom. The molecule has 2 aromatic rings. The van der Waals surface area contributed by atoms with Crippen molar-refractivity contribution in [2.45, 2.75) is 37.8 Å². The lowest BCUT2D eigenvalue weighted by molar-refractivity contribution is -0.145. The van der Waals surface area contributed by atoms with Crippen LogP contribution >= 0.6 is 0 Å². The van der Waals surface area contributed by atoms with Gasteiger partial charge in [0.15, 0.2) is 0 Å². The summed E-state index contributed by atoms with van der Waals surface area (Å²) in [6.45, 7) is 3.06. The van der Waals surface area contributed by atoms with E-state index in [1.807, 2.05) is 28.0 Å². The second-order valence-electron chi connectivity index (χ2n) is 9.79. The molecule has 2 atom stereocenters. The first-order chi connectivity index (χ1) is 16.5. The van der Waals surface area contributed by atoms with E-state index in [0.29, 0.717) is 26.2 Å². The molecular weight excluding hydrogens is 440 g/mol. The lowest BCUT2D eigenvalue weighted by Crippen LogP contribution is -2.59. The number of rotatable bonds is 3. The normalized spacial score (nSPS) is 26.2. The molecule has 4 aliphatic rings. The van der Waals surface area contributed by atoms with Crippen LogP contribution < -0.4 is 15.1 Å². The Balaban J connectivity index is 1.29. The first-order valence-corrected chi connectivity index (χ1v) is 12.1. The highest BCUT2D eigenvalue weighted by Crippen LogP contribution is 2.42. The van der Waals surface area contributed by atoms with Gasteiger partial charge in [-0.1, -0.05) is 6.07 Å². The Morgan fingerprint density at radius 1 is 1.15 bits per heavy atom. The van der Waals surface area contributed by atoms with Gasteiger partial charge in [0.05, 0.1) is 44.2 Å². The zero-order valence-corrected chi connectivity index (χ0v) is 19.1. The maximum atomic E-state index is 13.9. The Labute approximate surface area is 197 Å². The largest absolute Gasteiger partial charge is 0.378 e. The highest BCUT2D eigenvalue weighted by atomic mass is 19.3. The number of fused-ring (bicyclic) bond motifs is 2. The molecule has 0 spiro atoms. The number of nitrogens with one attached hydrogen (secondary N) is 1. The van der Waals surface area contributed by atoms with Crippen LogP contribution in [0, 0.1) is 5.92 Å². The van der Waals surface area contributed by atoms with Crippen LogP contribution in [0.5, 0.6) is 0 Å². The smallest absolute Gasteiger partial charge is 0.272 e. The lowest BCUT2D eigenvalue weighted by Gasteiger charge is -2.42. The molecule has 3 aliphatic heterocycles. The number of likely N-dealkylation sites (tertiary alicyclic amines) is 1. The average Bonchev–Trinajstić information content (AvgIpc) is 3.26. The molecule has 1 aromatic carbocycles. The Bertz CT molecular complexity index is 1080. The quantitative estimate of drug-likeness (QED) is 0.741. The topological polar surface area (TPSA) is 60.9 Å². The molecule has 34 heavy (non-hydrogen) atoms. The summed E-state index contributed by atoms with van der Waals surface area (Å²) in [5.74, 6) is -1.93. The molecule has 180 valence electrons. The minimum absolute atomic E-state index is 0.0618. The van der Waals surface area contributed by atoms with Crippen molar-refractivity contribution in [3.8, 4) is 0 Å². The van der Waals surface area contributed by atoms with E-state index in [1.54, 1.807) is 6.20 Å². The fourth-order valence-corrected chi connectivity index (χ4v) is 5.67. The molecule has 1 N–H and O–H groups in total. The van der Waals surface area contributed by atoms with Gasteiger partial charge < -0.3 is 19.9 Å². The molecule has 3 fully saturated rings. The van der Waals surface area contributed by atoms with Crippen LogP contribution in [0.1, 0.15) is 24.8 Å². The standard InChI is InChI=1S/C25H29F2N5O2/c26-25(27)15-31(16-25)19-4-3-17(12-19)24(33)32-14-18-2-1-7-28-23(18)29-21-6-5-20(13-22(21)32)30-8-10-34-11-9-30/h1-2,5-7,13,17,19H,3-4,8-12,14-16H2,(H,28,29)/t17-,19+/m0/s1. The summed E-state index contributed by atoms with van der Waals surface area (Å²) in [5, 5.41) is 3.42. The molecule has 1 aromatic heterocycles. The minimum atomic E-state index is -2.58. The van der Waals surface area contributed by atoms with Crippen molar-refractivity contribution < 1.29 is 18.3 Å². The maximum absolute atomic E-state index is 13.9.